The van der Waals surface area contributed by atoms with Crippen molar-refractivity contribution in [3.63, 3.8) is 0 Å². The lowest BCUT2D eigenvalue weighted by molar-refractivity contribution is 1.23. The molecule has 0 aliphatic heterocycles. The number of H-pyrrole nitrogens is 1. The van der Waals surface area contributed by atoms with Gasteiger partial charge in [0.25, 0.3) is 0 Å². The molecule has 5 aromatic rings. The molecule has 0 fully saturated rings. The Morgan fingerprint density at radius 2 is 1.42 bits per heavy atom. The van der Waals surface area contributed by atoms with Gasteiger partial charge in [-0.2, -0.15) is 0 Å². The van der Waals surface area contributed by atoms with E-state index in [2.05, 4.69) is 45.2 Å². The monoisotopic (exact) mass is 399 g/mol. The minimum atomic E-state index is 0.734. The third-order valence-corrected chi connectivity index (χ3v) is 4.98. The van der Waals surface area contributed by atoms with Crippen LogP contribution < -0.4 is 0 Å². The van der Waals surface area contributed by atoms with E-state index in [9.17, 15) is 0 Å². The number of hydrogen-bond acceptors (Lipinski definition) is 2. The van der Waals surface area contributed by atoms with Gasteiger partial charge in [-0.25, -0.2) is 9.97 Å². The molecule has 0 amide bonds. The van der Waals surface area contributed by atoms with E-state index in [1.54, 1.807) is 0 Å². The lowest BCUT2D eigenvalue weighted by Crippen LogP contribution is -1.94. The van der Waals surface area contributed by atoms with Gasteiger partial charge >= 0.3 is 0 Å². The van der Waals surface area contributed by atoms with Crippen molar-refractivity contribution in [3.8, 4) is 22.6 Å². The van der Waals surface area contributed by atoms with Crippen LogP contribution in [0, 0.1) is 0 Å². The molecule has 0 aliphatic carbocycles. The predicted molar refractivity (Wildman–Crippen MR) is 110 cm³/mol. The average Bonchev–Trinajstić information content (AvgIpc) is 3.06. The number of fused-ring (bicyclic) bond motifs is 3. The first-order chi connectivity index (χ1) is 12.8. The molecule has 0 aliphatic rings. The maximum Gasteiger partial charge on any atom is 0.160 e. The lowest BCUT2D eigenvalue weighted by Gasteiger charge is -2.07. The Balaban J connectivity index is 1.90. The molecule has 0 atom stereocenters. The second-order valence-electron chi connectivity index (χ2n) is 6.17. The van der Waals surface area contributed by atoms with Crippen LogP contribution in [0.2, 0.25) is 0 Å². The number of benzene rings is 3. The first kappa shape index (κ1) is 15.3. The topological polar surface area (TPSA) is 41.6 Å². The number of rotatable bonds is 2. The van der Waals surface area contributed by atoms with Crippen molar-refractivity contribution in [2.75, 3.05) is 0 Å². The Kier molecular flexibility index (Phi) is 3.57. The molecule has 0 spiro atoms. The van der Waals surface area contributed by atoms with E-state index in [-0.39, 0.29) is 0 Å². The summed E-state index contributed by atoms with van der Waals surface area (Å²) in [6, 6.07) is 26.6. The minimum absolute atomic E-state index is 0.734. The fourth-order valence-electron chi connectivity index (χ4n) is 3.25. The van der Waals surface area contributed by atoms with Gasteiger partial charge in [0, 0.05) is 26.5 Å². The molecule has 1 N–H and O–H groups in total. The third-order valence-electron chi connectivity index (χ3n) is 4.48. The zero-order chi connectivity index (χ0) is 17.5. The lowest BCUT2D eigenvalue weighted by atomic mass is 10.1. The summed E-state index contributed by atoms with van der Waals surface area (Å²) in [5, 5.41) is 1.09. The summed E-state index contributed by atoms with van der Waals surface area (Å²) in [4.78, 5) is 13.3. The van der Waals surface area contributed by atoms with Crippen molar-refractivity contribution in [1.29, 1.82) is 0 Å². The molecular weight excluding hydrogens is 386 g/mol. The standard InChI is InChI=1S/C22H14BrN3/c23-16-11-12-18-17(13-16)20-21(24-18)19(14-7-3-1-4-8-14)25-22(26-20)15-9-5-2-6-10-15/h1-13,24H. The van der Waals surface area contributed by atoms with Gasteiger partial charge < -0.3 is 4.98 Å². The van der Waals surface area contributed by atoms with E-state index in [0.29, 0.717) is 0 Å². The van der Waals surface area contributed by atoms with Crippen molar-refractivity contribution >= 4 is 37.9 Å². The number of nitrogens with zero attached hydrogens (tertiary/aromatic N) is 2. The molecule has 0 radical (unpaired) electrons. The minimum Gasteiger partial charge on any atom is -0.351 e. The van der Waals surface area contributed by atoms with Gasteiger partial charge in [0.05, 0.1) is 11.2 Å². The Morgan fingerprint density at radius 3 is 2.15 bits per heavy atom. The molecule has 3 nitrogen and oxygen atoms in total. The van der Waals surface area contributed by atoms with Crippen LogP contribution in [0.15, 0.2) is 83.3 Å². The van der Waals surface area contributed by atoms with Crippen LogP contribution in [-0.2, 0) is 0 Å². The number of aromatic amines is 1. The van der Waals surface area contributed by atoms with Crippen molar-refractivity contribution in [1.82, 2.24) is 15.0 Å². The van der Waals surface area contributed by atoms with Gasteiger partial charge in [0.2, 0.25) is 0 Å². The number of halogens is 1. The fourth-order valence-corrected chi connectivity index (χ4v) is 3.61. The summed E-state index contributed by atoms with van der Waals surface area (Å²) in [6.07, 6.45) is 0. The quantitative estimate of drug-likeness (QED) is 0.383. The van der Waals surface area contributed by atoms with Crippen LogP contribution in [-0.4, -0.2) is 15.0 Å². The van der Waals surface area contributed by atoms with E-state index in [1.165, 1.54) is 0 Å². The van der Waals surface area contributed by atoms with Crippen molar-refractivity contribution < 1.29 is 0 Å². The summed E-state index contributed by atoms with van der Waals surface area (Å²) < 4.78 is 1.03. The first-order valence-electron chi connectivity index (χ1n) is 8.39. The van der Waals surface area contributed by atoms with Gasteiger partial charge in [-0.15, -0.1) is 0 Å². The molecule has 124 valence electrons. The van der Waals surface area contributed by atoms with E-state index in [0.717, 1.165) is 49.1 Å². The van der Waals surface area contributed by atoms with Crippen LogP contribution >= 0.6 is 15.9 Å². The summed E-state index contributed by atoms with van der Waals surface area (Å²) in [5.74, 6) is 0.734. The fraction of sp³-hybridized carbons (Fsp3) is 0. The molecule has 0 saturated heterocycles. The SMILES string of the molecule is Brc1ccc2[nH]c3c(-c4ccccc4)nc(-c4ccccc4)nc3c2c1. The van der Waals surface area contributed by atoms with Crippen molar-refractivity contribution in [2.24, 2.45) is 0 Å². The summed E-state index contributed by atoms with van der Waals surface area (Å²) in [6.45, 7) is 0. The van der Waals surface area contributed by atoms with E-state index in [1.807, 2.05) is 54.6 Å². The normalized spacial score (nSPS) is 11.3. The van der Waals surface area contributed by atoms with Gasteiger partial charge in [-0.3, -0.25) is 0 Å². The number of aromatic nitrogens is 3. The van der Waals surface area contributed by atoms with Crippen LogP contribution in [0.25, 0.3) is 44.6 Å². The summed E-state index contributed by atoms with van der Waals surface area (Å²) in [7, 11) is 0. The number of nitrogens with one attached hydrogen (secondary N) is 1. The summed E-state index contributed by atoms with van der Waals surface area (Å²) >= 11 is 3.57. The van der Waals surface area contributed by atoms with E-state index < -0.39 is 0 Å². The molecular formula is C22H14BrN3. The van der Waals surface area contributed by atoms with Crippen molar-refractivity contribution in [2.45, 2.75) is 0 Å². The van der Waals surface area contributed by atoms with Crippen LogP contribution in [0.4, 0.5) is 0 Å². The third kappa shape index (κ3) is 2.50. The highest BCUT2D eigenvalue weighted by Gasteiger charge is 2.15. The molecule has 0 unspecified atom stereocenters. The molecule has 2 aromatic heterocycles. The zero-order valence-electron chi connectivity index (χ0n) is 13.8. The molecule has 5 rings (SSSR count). The maximum atomic E-state index is 4.90. The Labute approximate surface area is 158 Å². The maximum absolute atomic E-state index is 4.90. The average molecular weight is 400 g/mol. The van der Waals surface area contributed by atoms with Crippen LogP contribution in [0.3, 0.4) is 0 Å². The van der Waals surface area contributed by atoms with E-state index in [4.69, 9.17) is 9.97 Å². The van der Waals surface area contributed by atoms with Crippen LogP contribution in [0.1, 0.15) is 0 Å². The van der Waals surface area contributed by atoms with Crippen molar-refractivity contribution in [3.05, 3.63) is 83.3 Å². The van der Waals surface area contributed by atoms with E-state index >= 15 is 0 Å². The zero-order valence-corrected chi connectivity index (χ0v) is 15.4. The molecule has 4 heteroatoms. The molecule has 2 heterocycles. The number of hydrogen-bond donors (Lipinski definition) is 1. The van der Waals surface area contributed by atoms with Gasteiger partial charge in [-0.1, -0.05) is 76.6 Å². The smallest absolute Gasteiger partial charge is 0.160 e. The predicted octanol–water partition coefficient (Wildman–Crippen LogP) is 6.21. The van der Waals surface area contributed by atoms with Gasteiger partial charge in [0.15, 0.2) is 5.82 Å². The molecule has 0 bridgehead atoms. The largest absolute Gasteiger partial charge is 0.351 e. The molecule has 0 saturated carbocycles. The van der Waals surface area contributed by atoms with Gasteiger partial charge in [0.1, 0.15) is 5.52 Å². The highest BCUT2D eigenvalue weighted by atomic mass is 79.9. The second kappa shape index (κ2) is 6.07. The van der Waals surface area contributed by atoms with Crippen LogP contribution in [0.5, 0.6) is 0 Å². The summed E-state index contributed by atoms with van der Waals surface area (Å²) in [5.41, 5.74) is 5.96. The highest BCUT2D eigenvalue weighted by molar-refractivity contribution is 9.10. The second-order valence-corrected chi connectivity index (χ2v) is 7.08. The van der Waals surface area contributed by atoms with Gasteiger partial charge in [-0.05, 0) is 18.2 Å². The first-order valence-corrected chi connectivity index (χ1v) is 9.19. The highest BCUT2D eigenvalue weighted by Crippen LogP contribution is 2.34. The molecule has 3 aromatic carbocycles. The Morgan fingerprint density at radius 1 is 0.731 bits per heavy atom. The Bertz CT molecular complexity index is 1230. The Hall–Kier alpha value is -2.98. The molecule has 26 heavy (non-hydrogen) atoms.